The zero-order valence-electron chi connectivity index (χ0n) is 16.1. The van der Waals surface area contributed by atoms with Crippen molar-refractivity contribution < 1.29 is 4.79 Å². The Kier molecular flexibility index (Phi) is 3.72. The van der Waals surface area contributed by atoms with Gasteiger partial charge < -0.3 is 5.32 Å². The molecule has 2 heteroatoms. The fourth-order valence-corrected chi connectivity index (χ4v) is 7.42. The highest BCUT2D eigenvalue weighted by atomic mass is 16.1. The monoisotopic (exact) mass is 329 g/mol. The van der Waals surface area contributed by atoms with E-state index in [0.29, 0.717) is 11.8 Å². The fourth-order valence-electron chi connectivity index (χ4n) is 7.42. The number of carbonyl (C=O) groups is 1. The average Bonchev–Trinajstić information content (AvgIpc) is 2.91. The van der Waals surface area contributed by atoms with Crippen LogP contribution >= 0.6 is 0 Å². The molecule has 134 valence electrons. The number of amides is 1. The van der Waals surface area contributed by atoms with Gasteiger partial charge in [-0.2, -0.15) is 0 Å². The minimum absolute atomic E-state index is 0.204. The summed E-state index contributed by atoms with van der Waals surface area (Å²) < 4.78 is 0. The molecule has 0 spiro atoms. The summed E-state index contributed by atoms with van der Waals surface area (Å²) in [5, 5.41) is 3.30. The van der Waals surface area contributed by atoms with E-state index in [0.717, 1.165) is 24.2 Å². The van der Waals surface area contributed by atoms with Crippen molar-refractivity contribution in [3.05, 3.63) is 11.8 Å². The van der Waals surface area contributed by atoms with Crippen LogP contribution in [0.4, 0.5) is 0 Å². The van der Waals surface area contributed by atoms with Gasteiger partial charge in [-0.25, -0.2) is 0 Å². The molecule has 1 aliphatic heterocycles. The van der Waals surface area contributed by atoms with Gasteiger partial charge in [0, 0.05) is 17.5 Å². The molecular weight excluding hydrogens is 294 g/mol. The number of rotatable bonds is 2. The Bertz CT molecular complexity index is 581. The maximum Gasteiger partial charge on any atom is 0.224 e. The first-order valence-electron chi connectivity index (χ1n) is 10.4. The minimum atomic E-state index is 0.204. The first kappa shape index (κ1) is 16.7. The number of allylic oxidation sites excluding steroid dienone is 2. The lowest BCUT2D eigenvalue weighted by Gasteiger charge is -2.62. The van der Waals surface area contributed by atoms with E-state index in [-0.39, 0.29) is 16.7 Å². The summed E-state index contributed by atoms with van der Waals surface area (Å²) in [6.07, 6.45) is 13.8. The summed E-state index contributed by atoms with van der Waals surface area (Å²) in [5.74, 6) is 2.69. The van der Waals surface area contributed by atoms with E-state index in [9.17, 15) is 4.79 Å². The average molecular weight is 330 g/mol. The fraction of sp³-hybridized carbons (Fsp3) is 0.864. The summed E-state index contributed by atoms with van der Waals surface area (Å²) >= 11 is 0. The summed E-state index contributed by atoms with van der Waals surface area (Å²) in [4.78, 5) is 12.1. The molecule has 0 aromatic rings. The Hall–Kier alpha value is -0.790. The van der Waals surface area contributed by atoms with Crippen LogP contribution < -0.4 is 5.32 Å². The third-order valence-corrected chi connectivity index (χ3v) is 8.66. The molecule has 4 aliphatic rings. The van der Waals surface area contributed by atoms with Crippen molar-refractivity contribution in [2.24, 2.45) is 34.0 Å². The Morgan fingerprint density at radius 2 is 1.92 bits per heavy atom. The van der Waals surface area contributed by atoms with E-state index in [1.54, 1.807) is 0 Å². The summed E-state index contributed by atoms with van der Waals surface area (Å²) in [6.45, 7) is 9.87. The lowest BCUT2D eigenvalue weighted by atomic mass is 9.44. The van der Waals surface area contributed by atoms with Gasteiger partial charge in [-0.05, 0) is 67.1 Å². The Morgan fingerprint density at radius 1 is 1.12 bits per heavy atom. The van der Waals surface area contributed by atoms with E-state index >= 15 is 0 Å². The lowest BCUT2D eigenvalue weighted by Crippen LogP contribution is -2.57. The van der Waals surface area contributed by atoms with Crippen LogP contribution in [-0.4, -0.2) is 5.91 Å². The third-order valence-electron chi connectivity index (χ3n) is 8.66. The van der Waals surface area contributed by atoms with Crippen LogP contribution in [-0.2, 0) is 4.79 Å². The second-order valence-electron chi connectivity index (χ2n) is 10.1. The van der Waals surface area contributed by atoms with Crippen molar-refractivity contribution in [2.75, 3.05) is 0 Å². The van der Waals surface area contributed by atoms with Gasteiger partial charge in [0.25, 0.3) is 0 Å². The first-order valence-corrected chi connectivity index (χ1v) is 10.4. The Labute approximate surface area is 147 Å². The van der Waals surface area contributed by atoms with Crippen LogP contribution in [0.25, 0.3) is 0 Å². The number of hydrogen-bond acceptors (Lipinski definition) is 1. The number of hydrogen-bond donors (Lipinski definition) is 1. The van der Waals surface area contributed by atoms with Crippen molar-refractivity contribution in [3.8, 4) is 0 Å². The summed E-state index contributed by atoms with van der Waals surface area (Å²) in [5.41, 5.74) is 2.32. The van der Waals surface area contributed by atoms with Crippen LogP contribution in [0.3, 0.4) is 0 Å². The predicted octanol–water partition coefficient (Wildman–Crippen LogP) is 5.44. The number of nitrogens with one attached hydrogen (secondary N) is 1. The molecule has 1 heterocycles. The summed E-state index contributed by atoms with van der Waals surface area (Å²) in [7, 11) is 0. The molecule has 1 amide bonds. The molecule has 0 aromatic carbocycles. The largest absolute Gasteiger partial charge is 0.330 e. The number of carbonyl (C=O) groups excluding carboxylic acids is 1. The highest BCUT2D eigenvalue weighted by Gasteiger charge is 2.61. The molecule has 2 saturated carbocycles. The highest BCUT2D eigenvalue weighted by Crippen LogP contribution is 2.68. The molecular formula is C22H35NO. The standard InChI is InChI=1S/C22H35NO/c1-5-10-21(3)14-17-22(4,13-9-18(24)23-17)16-8-12-20(2)11-6-7-15(20)19(16)21/h14-16,19H,5-13H2,1-4H3,(H,23,24)/t15-,16+,19-,20-,21?,22+/m0/s1. The van der Waals surface area contributed by atoms with Gasteiger partial charge in [-0.3, -0.25) is 4.79 Å². The summed E-state index contributed by atoms with van der Waals surface area (Å²) in [6, 6.07) is 0. The molecule has 3 aliphatic carbocycles. The van der Waals surface area contributed by atoms with Crippen LogP contribution in [0.1, 0.15) is 85.5 Å². The van der Waals surface area contributed by atoms with Crippen molar-refractivity contribution in [2.45, 2.75) is 85.5 Å². The Morgan fingerprint density at radius 3 is 2.67 bits per heavy atom. The lowest BCUT2D eigenvalue weighted by molar-refractivity contribution is -0.127. The maximum atomic E-state index is 12.1. The molecule has 24 heavy (non-hydrogen) atoms. The van der Waals surface area contributed by atoms with Gasteiger partial charge in [-0.1, -0.05) is 46.6 Å². The molecule has 1 unspecified atom stereocenters. The molecule has 0 bridgehead atoms. The van der Waals surface area contributed by atoms with Gasteiger partial charge >= 0.3 is 0 Å². The SMILES string of the molecule is CCCC1(C)C=C2NC(=O)CC[C@]2(C)[C@@H]2CC[C@]3(C)CCC[C@H]3[C@@H]21. The van der Waals surface area contributed by atoms with Crippen molar-refractivity contribution in [3.63, 3.8) is 0 Å². The second kappa shape index (κ2) is 5.35. The second-order valence-corrected chi connectivity index (χ2v) is 10.1. The van der Waals surface area contributed by atoms with E-state index in [1.165, 1.54) is 50.6 Å². The highest BCUT2D eigenvalue weighted by molar-refractivity contribution is 5.79. The quantitative estimate of drug-likeness (QED) is 0.718. The molecule has 1 N–H and O–H groups in total. The van der Waals surface area contributed by atoms with Crippen molar-refractivity contribution in [1.29, 1.82) is 0 Å². The predicted molar refractivity (Wildman–Crippen MR) is 98.2 cm³/mol. The van der Waals surface area contributed by atoms with Crippen LogP contribution in [0.2, 0.25) is 0 Å². The van der Waals surface area contributed by atoms with E-state index in [1.807, 2.05) is 0 Å². The van der Waals surface area contributed by atoms with Crippen LogP contribution in [0, 0.1) is 34.0 Å². The van der Waals surface area contributed by atoms with Gasteiger partial charge in [0.05, 0.1) is 0 Å². The molecule has 0 aromatic heterocycles. The third kappa shape index (κ3) is 2.17. The van der Waals surface area contributed by atoms with E-state index in [4.69, 9.17) is 0 Å². The molecule has 4 rings (SSSR count). The molecule has 2 nitrogen and oxygen atoms in total. The molecule has 3 fully saturated rings. The number of piperidine rings is 1. The van der Waals surface area contributed by atoms with E-state index in [2.05, 4.69) is 39.1 Å². The topological polar surface area (TPSA) is 29.1 Å². The van der Waals surface area contributed by atoms with E-state index < -0.39 is 0 Å². The smallest absolute Gasteiger partial charge is 0.224 e. The van der Waals surface area contributed by atoms with Crippen molar-refractivity contribution in [1.82, 2.24) is 5.32 Å². The maximum absolute atomic E-state index is 12.1. The minimum Gasteiger partial charge on any atom is -0.330 e. The molecule has 0 radical (unpaired) electrons. The molecule has 1 saturated heterocycles. The van der Waals surface area contributed by atoms with Gasteiger partial charge in [0.15, 0.2) is 0 Å². The van der Waals surface area contributed by atoms with Crippen LogP contribution in [0.15, 0.2) is 11.8 Å². The van der Waals surface area contributed by atoms with Gasteiger partial charge in [0.1, 0.15) is 0 Å². The normalized spacial score (nSPS) is 50.4. The van der Waals surface area contributed by atoms with Crippen LogP contribution in [0.5, 0.6) is 0 Å². The number of fused-ring (bicyclic) bond motifs is 5. The van der Waals surface area contributed by atoms with Crippen molar-refractivity contribution >= 4 is 5.91 Å². The van der Waals surface area contributed by atoms with Gasteiger partial charge in [-0.15, -0.1) is 0 Å². The zero-order chi connectivity index (χ0) is 17.2. The zero-order valence-corrected chi connectivity index (χ0v) is 16.1. The molecule has 6 atom stereocenters. The Balaban J connectivity index is 1.82. The van der Waals surface area contributed by atoms with Gasteiger partial charge in [0.2, 0.25) is 5.91 Å². The first-order chi connectivity index (χ1) is 11.3.